The fourth-order valence-electron chi connectivity index (χ4n) is 2.15. The molecule has 1 fully saturated rings. The molecule has 1 aliphatic rings. The highest BCUT2D eigenvalue weighted by Crippen LogP contribution is 2.30. The van der Waals surface area contributed by atoms with Gasteiger partial charge in [-0.3, -0.25) is 9.59 Å². The van der Waals surface area contributed by atoms with Crippen LogP contribution in [0.5, 0.6) is 5.75 Å². The van der Waals surface area contributed by atoms with Crippen LogP contribution in [-0.4, -0.2) is 18.4 Å². The summed E-state index contributed by atoms with van der Waals surface area (Å²) in [5.74, 6) is 0.505. The first-order valence-electron chi connectivity index (χ1n) is 7.70. The van der Waals surface area contributed by atoms with Gasteiger partial charge >= 0.3 is 0 Å². The van der Waals surface area contributed by atoms with Crippen molar-refractivity contribution in [3.63, 3.8) is 0 Å². The van der Waals surface area contributed by atoms with Crippen LogP contribution in [0.2, 0.25) is 0 Å². The van der Waals surface area contributed by atoms with Crippen molar-refractivity contribution in [1.29, 1.82) is 0 Å². The van der Waals surface area contributed by atoms with Crippen molar-refractivity contribution in [2.75, 3.05) is 17.2 Å². The quantitative estimate of drug-likeness (QED) is 0.680. The van der Waals surface area contributed by atoms with E-state index >= 15 is 0 Å². The van der Waals surface area contributed by atoms with Gasteiger partial charge in [0.2, 0.25) is 5.91 Å². The van der Waals surface area contributed by atoms with Crippen LogP contribution in [0.1, 0.15) is 12.8 Å². The van der Waals surface area contributed by atoms with E-state index in [1.54, 1.807) is 24.3 Å². The summed E-state index contributed by atoms with van der Waals surface area (Å²) in [6, 6.07) is 14.6. The van der Waals surface area contributed by atoms with Gasteiger partial charge in [-0.1, -0.05) is 18.2 Å². The van der Waals surface area contributed by atoms with Crippen molar-refractivity contribution < 1.29 is 14.3 Å². The largest absolute Gasteiger partial charge is 0.484 e. The topological polar surface area (TPSA) is 67.4 Å². The molecule has 0 saturated heterocycles. The Kier molecular flexibility index (Phi) is 5.34. The van der Waals surface area contributed by atoms with Gasteiger partial charge in [0.1, 0.15) is 5.75 Å². The highest BCUT2D eigenvalue weighted by Gasteiger charge is 2.29. The number of carbonyl (C=O) groups excluding carboxylic acids is 2. The molecule has 24 heavy (non-hydrogen) atoms. The molecule has 1 aliphatic carbocycles. The van der Waals surface area contributed by atoms with Gasteiger partial charge in [0.25, 0.3) is 5.91 Å². The highest BCUT2D eigenvalue weighted by atomic mass is 127. The number of rotatable bonds is 6. The molecule has 0 bridgehead atoms. The molecule has 6 heteroatoms. The molecular weight excluding hydrogens is 419 g/mol. The Hall–Kier alpha value is -2.09. The van der Waals surface area contributed by atoms with E-state index in [1.165, 1.54) is 0 Å². The van der Waals surface area contributed by atoms with Crippen molar-refractivity contribution in [3.8, 4) is 5.75 Å². The molecule has 0 aromatic heterocycles. The summed E-state index contributed by atoms with van der Waals surface area (Å²) in [4.78, 5) is 23.8. The standard InChI is InChI=1S/C18H17IN2O3/c19-15-6-1-2-7-16(15)21-17(22)11-24-14-5-3-4-13(10-14)20-18(23)12-8-9-12/h1-7,10,12H,8-9,11H2,(H,20,23)(H,21,22). The van der Waals surface area contributed by atoms with Gasteiger partial charge in [-0.25, -0.2) is 0 Å². The summed E-state index contributed by atoms with van der Waals surface area (Å²) in [5.41, 5.74) is 1.44. The number of carbonyl (C=O) groups is 2. The van der Waals surface area contributed by atoms with Crippen molar-refractivity contribution in [1.82, 2.24) is 0 Å². The first kappa shape index (κ1) is 16.8. The summed E-state index contributed by atoms with van der Waals surface area (Å²) in [7, 11) is 0. The van der Waals surface area contributed by atoms with Gasteiger partial charge in [-0.05, 0) is 59.7 Å². The summed E-state index contributed by atoms with van der Waals surface area (Å²) in [6.07, 6.45) is 1.92. The van der Waals surface area contributed by atoms with E-state index < -0.39 is 0 Å². The molecule has 2 amide bonds. The summed E-state index contributed by atoms with van der Waals surface area (Å²) in [5, 5.41) is 5.67. The third-order valence-corrected chi connectivity index (χ3v) is 4.51. The zero-order chi connectivity index (χ0) is 16.9. The minimum atomic E-state index is -0.230. The van der Waals surface area contributed by atoms with E-state index in [1.807, 2.05) is 24.3 Å². The smallest absolute Gasteiger partial charge is 0.262 e. The Morgan fingerprint density at radius 2 is 1.88 bits per heavy atom. The third-order valence-electron chi connectivity index (χ3n) is 3.57. The lowest BCUT2D eigenvalue weighted by Gasteiger charge is -2.10. The summed E-state index contributed by atoms with van der Waals surface area (Å²) >= 11 is 2.16. The number of amides is 2. The van der Waals surface area contributed by atoms with Crippen LogP contribution >= 0.6 is 22.6 Å². The van der Waals surface area contributed by atoms with E-state index in [-0.39, 0.29) is 24.3 Å². The monoisotopic (exact) mass is 436 g/mol. The summed E-state index contributed by atoms with van der Waals surface area (Å²) < 4.78 is 6.48. The van der Waals surface area contributed by atoms with Crippen molar-refractivity contribution >= 4 is 45.8 Å². The molecule has 124 valence electrons. The number of halogens is 1. The number of ether oxygens (including phenoxy) is 1. The molecular formula is C18H17IN2O3. The third kappa shape index (κ3) is 4.70. The molecule has 0 atom stereocenters. The second kappa shape index (κ2) is 7.65. The normalized spacial score (nSPS) is 13.2. The first-order chi connectivity index (χ1) is 11.6. The van der Waals surface area contributed by atoms with Crippen molar-refractivity contribution in [2.45, 2.75) is 12.8 Å². The minimum absolute atomic E-state index is 0.0449. The Morgan fingerprint density at radius 3 is 2.62 bits per heavy atom. The fourth-order valence-corrected chi connectivity index (χ4v) is 2.67. The number of hydrogen-bond donors (Lipinski definition) is 2. The molecule has 0 aliphatic heterocycles. The minimum Gasteiger partial charge on any atom is -0.484 e. The number of hydrogen-bond acceptors (Lipinski definition) is 3. The van der Waals surface area contributed by atoms with Crippen molar-refractivity contribution in [2.24, 2.45) is 5.92 Å². The van der Waals surface area contributed by atoms with Crippen LogP contribution < -0.4 is 15.4 Å². The van der Waals surface area contributed by atoms with E-state index in [4.69, 9.17) is 4.74 Å². The van der Waals surface area contributed by atoms with Gasteiger partial charge in [-0.2, -0.15) is 0 Å². The molecule has 0 heterocycles. The Morgan fingerprint density at radius 1 is 1.08 bits per heavy atom. The average molecular weight is 436 g/mol. The maximum absolute atomic E-state index is 12.0. The highest BCUT2D eigenvalue weighted by molar-refractivity contribution is 14.1. The van der Waals surface area contributed by atoms with Gasteiger partial charge < -0.3 is 15.4 Å². The predicted octanol–water partition coefficient (Wildman–Crippen LogP) is 3.66. The number of nitrogens with one attached hydrogen (secondary N) is 2. The van der Waals surface area contributed by atoms with Gasteiger partial charge in [0.15, 0.2) is 6.61 Å². The van der Waals surface area contributed by atoms with E-state index in [0.29, 0.717) is 11.4 Å². The maximum atomic E-state index is 12.0. The van der Waals surface area contributed by atoms with Gasteiger partial charge in [0, 0.05) is 21.2 Å². The molecule has 2 N–H and O–H groups in total. The van der Waals surface area contributed by atoms with Gasteiger partial charge in [-0.15, -0.1) is 0 Å². The second-order valence-corrected chi connectivity index (χ2v) is 6.77. The zero-order valence-corrected chi connectivity index (χ0v) is 15.1. The fraction of sp³-hybridized carbons (Fsp3) is 0.222. The Labute approximate surface area is 153 Å². The number of anilines is 2. The van der Waals surface area contributed by atoms with E-state index in [9.17, 15) is 9.59 Å². The second-order valence-electron chi connectivity index (χ2n) is 5.61. The van der Waals surface area contributed by atoms with Crippen LogP contribution in [0, 0.1) is 9.49 Å². The van der Waals surface area contributed by atoms with Crippen LogP contribution in [0.4, 0.5) is 11.4 Å². The molecule has 2 aromatic rings. The Bertz CT molecular complexity index is 759. The molecule has 3 rings (SSSR count). The first-order valence-corrected chi connectivity index (χ1v) is 8.78. The lowest BCUT2D eigenvalue weighted by atomic mass is 10.3. The molecule has 0 radical (unpaired) electrons. The van der Waals surface area contributed by atoms with E-state index in [0.717, 1.165) is 22.1 Å². The Balaban J connectivity index is 1.53. The van der Waals surface area contributed by atoms with Crippen LogP contribution in [0.25, 0.3) is 0 Å². The molecule has 2 aromatic carbocycles. The lowest BCUT2D eigenvalue weighted by Crippen LogP contribution is -2.20. The molecule has 0 spiro atoms. The number of benzene rings is 2. The zero-order valence-electron chi connectivity index (χ0n) is 12.9. The maximum Gasteiger partial charge on any atom is 0.262 e. The lowest BCUT2D eigenvalue weighted by molar-refractivity contribution is -0.118. The van der Waals surface area contributed by atoms with E-state index in [2.05, 4.69) is 33.2 Å². The molecule has 5 nitrogen and oxygen atoms in total. The number of para-hydroxylation sites is 1. The molecule has 1 saturated carbocycles. The van der Waals surface area contributed by atoms with Gasteiger partial charge in [0.05, 0.1) is 5.69 Å². The van der Waals surface area contributed by atoms with Crippen LogP contribution in [0.15, 0.2) is 48.5 Å². The van der Waals surface area contributed by atoms with Crippen LogP contribution in [0.3, 0.4) is 0 Å². The summed E-state index contributed by atoms with van der Waals surface area (Å²) in [6.45, 7) is -0.0923. The van der Waals surface area contributed by atoms with Crippen molar-refractivity contribution in [3.05, 3.63) is 52.1 Å². The SMILES string of the molecule is O=C(COc1cccc(NC(=O)C2CC2)c1)Nc1ccccc1I. The molecule has 0 unspecified atom stereocenters. The predicted molar refractivity (Wildman–Crippen MR) is 101 cm³/mol. The average Bonchev–Trinajstić information content (AvgIpc) is 3.40. The van der Waals surface area contributed by atoms with Crippen LogP contribution in [-0.2, 0) is 9.59 Å².